The number of hydrogen-bond acceptors (Lipinski definition) is 6. The molecule has 0 aliphatic heterocycles. The summed E-state index contributed by atoms with van der Waals surface area (Å²) >= 11 is 6.03. The van der Waals surface area contributed by atoms with Gasteiger partial charge in [-0.15, -0.1) is 0 Å². The van der Waals surface area contributed by atoms with Crippen LogP contribution in [0.5, 0.6) is 5.88 Å². The molecule has 2 N–H and O–H groups in total. The SMILES string of the molecule is CN=C(C)c1cc(-n2nc3ccc(OCC(F)F)nc3c(-c3ccc(Cl)cc3)c2=O)ccc1N. The number of aliphatic imine (C=N–C) groups is 1. The van der Waals surface area contributed by atoms with E-state index in [1.54, 1.807) is 55.6 Å². The monoisotopic (exact) mass is 483 g/mol. The van der Waals surface area contributed by atoms with Gasteiger partial charge in [0.15, 0.2) is 6.61 Å². The van der Waals surface area contributed by atoms with Crippen molar-refractivity contribution in [2.45, 2.75) is 13.3 Å². The van der Waals surface area contributed by atoms with Crippen molar-refractivity contribution < 1.29 is 13.5 Å². The smallest absolute Gasteiger partial charge is 0.281 e. The lowest BCUT2D eigenvalue weighted by atomic mass is 10.1. The van der Waals surface area contributed by atoms with Crippen molar-refractivity contribution in [3.05, 3.63) is 75.5 Å². The Morgan fingerprint density at radius 3 is 2.59 bits per heavy atom. The quantitative estimate of drug-likeness (QED) is 0.315. The van der Waals surface area contributed by atoms with Gasteiger partial charge in [-0.05, 0) is 48.9 Å². The predicted molar refractivity (Wildman–Crippen MR) is 130 cm³/mol. The summed E-state index contributed by atoms with van der Waals surface area (Å²) in [6, 6.07) is 14.7. The molecule has 174 valence electrons. The molecule has 0 aliphatic rings. The Morgan fingerprint density at radius 1 is 1.18 bits per heavy atom. The molecule has 0 unspecified atom stereocenters. The Balaban J connectivity index is 1.98. The number of halogens is 3. The minimum atomic E-state index is -2.66. The third kappa shape index (κ3) is 4.60. The first-order valence-electron chi connectivity index (χ1n) is 10.2. The Morgan fingerprint density at radius 2 is 1.91 bits per heavy atom. The van der Waals surface area contributed by atoms with Gasteiger partial charge in [0.25, 0.3) is 12.0 Å². The summed E-state index contributed by atoms with van der Waals surface area (Å²) < 4.78 is 31.5. The summed E-state index contributed by atoms with van der Waals surface area (Å²) in [7, 11) is 1.65. The van der Waals surface area contributed by atoms with E-state index < -0.39 is 18.6 Å². The average molecular weight is 484 g/mol. The zero-order valence-corrected chi connectivity index (χ0v) is 19.1. The fraction of sp³-hybridized carbons (Fsp3) is 0.167. The van der Waals surface area contributed by atoms with E-state index >= 15 is 0 Å². The molecule has 0 atom stereocenters. The fourth-order valence-electron chi connectivity index (χ4n) is 3.45. The number of ether oxygens (including phenoxy) is 1. The number of alkyl halides is 2. The third-order valence-electron chi connectivity index (χ3n) is 5.20. The Kier molecular flexibility index (Phi) is 6.56. The molecule has 4 aromatic rings. The van der Waals surface area contributed by atoms with Gasteiger partial charge in [-0.3, -0.25) is 9.79 Å². The minimum Gasteiger partial charge on any atom is -0.472 e. The molecule has 0 saturated heterocycles. The molecule has 0 bridgehead atoms. The van der Waals surface area contributed by atoms with Crippen LogP contribution in [0.1, 0.15) is 12.5 Å². The maximum absolute atomic E-state index is 13.7. The molecule has 34 heavy (non-hydrogen) atoms. The van der Waals surface area contributed by atoms with Gasteiger partial charge in [0.2, 0.25) is 5.88 Å². The van der Waals surface area contributed by atoms with Crippen molar-refractivity contribution in [2.24, 2.45) is 4.99 Å². The van der Waals surface area contributed by atoms with E-state index in [9.17, 15) is 13.6 Å². The second-order valence-electron chi connectivity index (χ2n) is 7.40. The van der Waals surface area contributed by atoms with E-state index in [4.69, 9.17) is 22.1 Å². The number of nitrogen functional groups attached to an aromatic ring is 1. The molecule has 0 aliphatic carbocycles. The molecular weight excluding hydrogens is 464 g/mol. The molecule has 0 amide bonds. The highest BCUT2D eigenvalue weighted by Gasteiger charge is 2.18. The van der Waals surface area contributed by atoms with Gasteiger partial charge in [-0.1, -0.05) is 23.7 Å². The van der Waals surface area contributed by atoms with Gasteiger partial charge in [0, 0.05) is 35.1 Å². The largest absolute Gasteiger partial charge is 0.472 e. The van der Waals surface area contributed by atoms with Crippen LogP contribution in [0.15, 0.2) is 64.4 Å². The van der Waals surface area contributed by atoms with Crippen molar-refractivity contribution >= 4 is 34.0 Å². The number of fused-ring (bicyclic) bond motifs is 1. The molecule has 0 radical (unpaired) electrons. The summed E-state index contributed by atoms with van der Waals surface area (Å²) in [5, 5.41) is 4.97. The number of hydrogen-bond donors (Lipinski definition) is 1. The molecule has 2 heterocycles. The number of pyridine rings is 1. The highest BCUT2D eigenvalue weighted by molar-refractivity contribution is 6.30. The van der Waals surface area contributed by atoms with Crippen LogP contribution in [0, 0.1) is 0 Å². The van der Waals surface area contributed by atoms with E-state index in [0.717, 1.165) is 0 Å². The van der Waals surface area contributed by atoms with Crippen molar-refractivity contribution in [3.8, 4) is 22.7 Å². The lowest BCUT2D eigenvalue weighted by molar-refractivity contribution is 0.0798. The van der Waals surface area contributed by atoms with Crippen LogP contribution in [-0.2, 0) is 0 Å². The molecule has 4 rings (SSSR count). The summed E-state index contributed by atoms with van der Waals surface area (Å²) in [6.07, 6.45) is -2.66. The topological polar surface area (TPSA) is 95.4 Å². The molecule has 0 fully saturated rings. The molecule has 0 saturated carbocycles. The second-order valence-corrected chi connectivity index (χ2v) is 7.84. The molecule has 0 spiro atoms. The van der Waals surface area contributed by atoms with Gasteiger partial charge >= 0.3 is 0 Å². The minimum absolute atomic E-state index is 0.0356. The van der Waals surface area contributed by atoms with Crippen LogP contribution in [0.25, 0.3) is 27.8 Å². The lowest BCUT2D eigenvalue weighted by Crippen LogP contribution is -2.24. The van der Waals surface area contributed by atoms with Crippen LogP contribution < -0.4 is 16.0 Å². The standard InChI is InChI=1S/C24H20ClF2N5O2/c1-13(29-2)17-11-16(7-8-18(17)28)32-24(33)22(14-3-5-15(25)6-4-14)23-19(31-32)9-10-21(30-23)34-12-20(26)27/h3-11,20H,12,28H2,1-2H3. The summed E-state index contributed by atoms with van der Waals surface area (Å²) in [4.78, 5) is 22.2. The number of nitrogens with two attached hydrogens (primary N) is 1. The van der Waals surface area contributed by atoms with Gasteiger partial charge in [0.05, 0.1) is 11.3 Å². The molecule has 7 nitrogen and oxygen atoms in total. The normalized spacial score (nSPS) is 11.9. The van der Waals surface area contributed by atoms with E-state index in [1.165, 1.54) is 10.7 Å². The second kappa shape index (κ2) is 9.56. The maximum Gasteiger partial charge on any atom is 0.281 e. The van der Waals surface area contributed by atoms with Crippen molar-refractivity contribution in [1.82, 2.24) is 14.8 Å². The number of rotatable bonds is 6. The van der Waals surface area contributed by atoms with Gasteiger partial charge < -0.3 is 10.5 Å². The fourth-order valence-corrected chi connectivity index (χ4v) is 3.58. The summed E-state index contributed by atoms with van der Waals surface area (Å²) in [5.41, 5.74) is 9.36. The highest BCUT2D eigenvalue weighted by atomic mass is 35.5. The average Bonchev–Trinajstić information content (AvgIpc) is 2.83. The van der Waals surface area contributed by atoms with E-state index in [2.05, 4.69) is 15.1 Å². The van der Waals surface area contributed by atoms with Crippen LogP contribution in [0.4, 0.5) is 14.5 Å². The van der Waals surface area contributed by atoms with Crippen molar-refractivity contribution in [3.63, 3.8) is 0 Å². The Bertz CT molecular complexity index is 1450. The van der Waals surface area contributed by atoms with Gasteiger partial charge in [-0.25, -0.2) is 13.8 Å². The zero-order valence-electron chi connectivity index (χ0n) is 18.3. The molecule has 10 heteroatoms. The number of nitrogens with zero attached hydrogens (tertiary/aromatic N) is 4. The van der Waals surface area contributed by atoms with Gasteiger partial charge in [0.1, 0.15) is 11.0 Å². The first-order chi connectivity index (χ1) is 16.3. The predicted octanol–water partition coefficient (Wildman–Crippen LogP) is 4.77. The van der Waals surface area contributed by atoms with Crippen molar-refractivity contribution in [1.29, 1.82) is 0 Å². The van der Waals surface area contributed by atoms with Gasteiger partial charge in [-0.2, -0.15) is 9.78 Å². The Hall–Kier alpha value is -3.85. The number of aromatic nitrogens is 3. The highest BCUT2D eigenvalue weighted by Crippen LogP contribution is 2.27. The zero-order chi connectivity index (χ0) is 24.4. The summed E-state index contributed by atoms with van der Waals surface area (Å²) in [5.74, 6) is -0.0356. The number of anilines is 1. The van der Waals surface area contributed by atoms with Crippen molar-refractivity contribution in [2.75, 3.05) is 19.4 Å². The van der Waals surface area contributed by atoms with E-state index in [1.807, 2.05) is 6.92 Å². The van der Waals surface area contributed by atoms with E-state index in [0.29, 0.717) is 38.8 Å². The van der Waals surface area contributed by atoms with Crippen LogP contribution in [0.2, 0.25) is 5.02 Å². The van der Waals surface area contributed by atoms with E-state index in [-0.39, 0.29) is 17.0 Å². The van der Waals surface area contributed by atoms with Crippen LogP contribution in [-0.4, -0.2) is 40.6 Å². The molecule has 2 aromatic heterocycles. The first kappa shape index (κ1) is 23.3. The molecule has 2 aromatic carbocycles. The Labute approximate surface area is 198 Å². The molecular formula is C24H20ClF2N5O2. The third-order valence-corrected chi connectivity index (χ3v) is 5.45. The van der Waals surface area contributed by atoms with Crippen LogP contribution >= 0.6 is 11.6 Å². The van der Waals surface area contributed by atoms with Crippen LogP contribution in [0.3, 0.4) is 0 Å². The maximum atomic E-state index is 13.7. The summed E-state index contributed by atoms with van der Waals surface area (Å²) in [6.45, 7) is 1.00. The number of benzene rings is 2. The first-order valence-corrected chi connectivity index (χ1v) is 10.6. The lowest BCUT2D eigenvalue weighted by Gasteiger charge is -2.14.